The van der Waals surface area contributed by atoms with Crippen molar-refractivity contribution in [1.29, 1.82) is 0 Å². The lowest BCUT2D eigenvalue weighted by atomic mass is 10.2. The summed E-state index contributed by atoms with van der Waals surface area (Å²) >= 11 is 0. The normalized spacial score (nSPS) is 17.0. The molecule has 10 nitrogen and oxygen atoms in total. The maximum absolute atomic E-state index is 14.2. The van der Waals surface area contributed by atoms with Crippen molar-refractivity contribution in [2.45, 2.75) is 76.9 Å². The van der Waals surface area contributed by atoms with Crippen molar-refractivity contribution in [2.24, 2.45) is 0 Å². The minimum Gasteiger partial charge on any atom is -0.491 e. The number of fused-ring (bicyclic) bond motifs is 3. The third kappa shape index (κ3) is 6.19. The summed E-state index contributed by atoms with van der Waals surface area (Å²) < 4.78 is 61.2. The third-order valence-corrected chi connectivity index (χ3v) is 8.24. The fourth-order valence-electron chi connectivity index (χ4n) is 4.24. The van der Waals surface area contributed by atoms with Crippen LogP contribution in [0.1, 0.15) is 64.0 Å². The van der Waals surface area contributed by atoms with Gasteiger partial charge in [0.25, 0.3) is 0 Å². The van der Waals surface area contributed by atoms with Gasteiger partial charge < -0.3 is 18.8 Å². The molecule has 0 fully saturated rings. The van der Waals surface area contributed by atoms with Gasteiger partial charge in [-0.25, -0.2) is 12.8 Å². The van der Waals surface area contributed by atoms with Crippen LogP contribution in [0.2, 0.25) is 0 Å². The molecule has 1 aromatic carbocycles. The van der Waals surface area contributed by atoms with Gasteiger partial charge >= 0.3 is 0 Å². The molecule has 206 valence electrons. The van der Waals surface area contributed by atoms with Crippen molar-refractivity contribution in [3.8, 4) is 17.1 Å². The first-order valence-electron chi connectivity index (χ1n) is 12.6. The maximum Gasteiger partial charge on any atom is 0.168 e. The number of ether oxygens (including phenoxy) is 3. The van der Waals surface area contributed by atoms with Crippen LogP contribution in [-0.4, -0.2) is 63.8 Å². The second-order valence-corrected chi connectivity index (χ2v) is 12.4. The summed E-state index contributed by atoms with van der Waals surface area (Å²) in [5, 5.41) is 7.56. The molecule has 0 N–H and O–H groups in total. The van der Waals surface area contributed by atoms with Crippen LogP contribution >= 0.6 is 0 Å². The Bertz CT molecular complexity index is 1360. The van der Waals surface area contributed by atoms with E-state index < -0.39 is 38.8 Å². The second kappa shape index (κ2) is 11.4. The van der Waals surface area contributed by atoms with Gasteiger partial charge in [-0.3, -0.25) is 9.97 Å². The van der Waals surface area contributed by atoms with Crippen LogP contribution in [0.15, 0.2) is 30.6 Å². The lowest BCUT2D eigenvalue weighted by Crippen LogP contribution is -2.32. The van der Waals surface area contributed by atoms with E-state index in [9.17, 15) is 12.8 Å². The molecule has 0 spiro atoms. The molecule has 3 atom stereocenters. The van der Waals surface area contributed by atoms with Gasteiger partial charge in [0.15, 0.2) is 15.7 Å². The Balaban J connectivity index is 1.72. The van der Waals surface area contributed by atoms with Crippen molar-refractivity contribution < 1.29 is 27.0 Å². The summed E-state index contributed by atoms with van der Waals surface area (Å²) in [6.45, 7) is 11.3. The standard InChI is InChI=1S/C26H34FN5O5S/c1-15(2)35-12-20-13-36-23-8-7-19(27)9-21(23)26-31-30-24(32(20)26)14-38(33,34)18(6)25(37-16(3)4)22-11-28-17(5)10-29-22/h7-11,15-16,18,20,25H,12-14H2,1-6H3/t18-,20-,25+/m0/s1. The monoisotopic (exact) mass is 547 g/mol. The molecule has 0 bridgehead atoms. The summed E-state index contributed by atoms with van der Waals surface area (Å²) in [5.74, 6) is 0.101. The molecule has 1 aliphatic heterocycles. The van der Waals surface area contributed by atoms with Gasteiger partial charge in [0, 0.05) is 6.20 Å². The molecular formula is C26H34FN5O5S. The number of sulfone groups is 1. The lowest BCUT2D eigenvalue weighted by molar-refractivity contribution is 0.00381. The Labute approximate surface area is 222 Å². The van der Waals surface area contributed by atoms with Crippen LogP contribution in [0, 0.1) is 12.7 Å². The molecule has 3 heterocycles. The van der Waals surface area contributed by atoms with Gasteiger partial charge in [0.1, 0.15) is 35.9 Å². The lowest BCUT2D eigenvalue weighted by Gasteiger charge is -2.26. The summed E-state index contributed by atoms with van der Waals surface area (Å²) in [6.07, 6.45) is 1.98. The van der Waals surface area contributed by atoms with Crippen molar-refractivity contribution in [3.05, 3.63) is 53.6 Å². The van der Waals surface area contributed by atoms with Gasteiger partial charge in [-0.1, -0.05) is 0 Å². The number of rotatable bonds is 10. The smallest absolute Gasteiger partial charge is 0.168 e. The van der Waals surface area contributed by atoms with Gasteiger partial charge in [-0.2, -0.15) is 0 Å². The minimum atomic E-state index is -3.84. The predicted molar refractivity (Wildman–Crippen MR) is 139 cm³/mol. The van der Waals surface area contributed by atoms with Crippen LogP contribution in [-0.2, 0) is 25.1 Å². The average molecular weight is 548 g/mol. The zero-order chi connectivity index (χ0) is 27.6. The summed E-state index contributed by atoms with van der Waals surface area (Å²) in [5.41, 5.74) is 1.55. The van der Waals surface area contributed by atoms with Crippen LogP contribution < -0.4 is 4.74 Å². The highest BCUT2D eigenvalue weighted by molar-refractivity contribution is 7.91. The van der Waals surface area contributed by atoms with Gasteiger partial charge in [0.05, 0.1) is 53.3 Å². The highest BCUT2D eigenvalue weighted by Gasteiger charge is 2.36. The van der Waals surface area contributed by atoms with E-state index in [2.05, 4.69) is 20.2 Å². The Kier molecular flexibility index (Phi) is 8.43. The molecule has 0 saturated heterocycles. The zero-order valence-electron chi connectivity index (χ0n) is 22.5. The molecule has 0 radical (unpaired) electrons. The molecule has 1 aliphatic rings. The third-order valence-electron chi connectivity index (χ3n) is 6.20. The van der Waals surface area contributed by atoms with Gasteiger partial charge in [-0.15, -0.1) is 10.2 Å². The molecule has 3 aromatic rings. The molecule has 0 amide bonds. The Morgan fingerprint density at radius 1 is 1.11 bits per heavy atom. The van der Waals surface area contributed by atoms with Crippen molar-refractivity contribution >= 4 is 9.84 Å². The largest absolute Gasteiger partial charge is 0.491 e. The van der Waals surface area contributed by atoms with E-state index in [4.69, 9.17) is 14.2 Å². The van der Waals surface area contributed by atoms with Gasteiger partial charge in [-0.05, 0) is 59.7 Å². The first-order valence-corrected chi connectivity index (χ1v) is 14.3. The highest BCUT2D eigenvalue weighted by atomic mass is 32.2. The number of hydrogen-bond donors (Lipinski definition) is 0. The predicted octanol–water partition coefficient (Wildman–Crippen LogP) is 4.01. The van der Waals surface area contributed by atoms with E-state index in [1.54, 1.807) is 30.8 Å². The number of nitrogens with zero attached hydrogens (tertiary/aromatic N) is 5. The minimum absolute atomic E-state index is 0.0604. The average Bonchev–Trinajstić information content (AvgIpc) is 3.18. The zero-order valence-corrected chi connectivity index (χ0v) is 23.3. The molecule has 0 unspecified atom stereocenters. The van der Waals surface area contributed by atoms with E-state index in [0.717, 1.165) is 0 Å². The van der Waals surface area contributed by atoms with E-state index in [0.29, 0.717) is 28.5 Å². The topological polar surface area (TPSA) is 118 Å². The Morgan fingerprint density at radius 3 is 2.53 bits per heavy atom. The quantitative estimate of drug-likeness (QED) is 0.371. The summed E-state index contributed by atoms with van der Waals surface area (Å²) in [7, 11) is -3.84. The van der Waals surface area contributed by atoms with Crippen molar-refractivity contribution in [3.63, 3.8) is 0 Å². The number of halogens is 1. The number of benzene rings is 1. The van der Waals surface area contributed by atoms with Crippen LogP contribution in [0.5, 0.6) is 5.75 Å². The molecule has 0 aliphatic carbocycles. The number of aromatic nitrogens is 5. The molecule has 12 heteroatoms. The Hall–Kier alpha value is -2.96. The maximum atomic E-state index is 14.2. The molecule has 4 rings (SSSR count). The Morgan fingerprint density at radius 2 is 1.87 bits per heavy atom. The number of aryl methyl sites for hydroxylation is 1. The molecule has 2 aromatic heterocycles. The number of hydrogen-bond acceptors (Lipinski definition) is 9. The molecule has 38 heavy (non-hydrogen) atoms. The molecular weight excluding hydrogens is 513 g/mol. The fraction of sp³-hybridized carbons (Fsp3) is 0.538. The van der Waals surface area contributed by atoms with Crippen LogP contribution in [0.4, 0.5) is 4.39 Å². The highest BCUT2D eigenvalue weighted by Crippen LogP contribution is 2.36. The molecule has 0 saturated carbocycles. The van der Waals surface area contributed by atoms with Crippen molar-refractivity contribution in [1.82, 2.24) is 24.7 Å². The first-order chi connectivity index (χ1) is 18.0. The first kappa shape index (κ1) is 28.1. The van der Waals surface area contributed by atoms with Gasteiger partial charge in [0.2, 0.25) is 0 Å². The summed E-state index contributed by atoms with van der Waals surface area (Å²) in [6, 6.07) is 3.72. The second-order valence-electron chi connectivity index (χ2n) is 10.00. The van der Waals surface area contributed by atoms with Crippen LogP contribution in [0.25, 0.3) is 11.4 Å². The van der Waals surface area contributed by atoms with E-state index in [1.165, 1.54) is 18.2 Å². The SMILES string of the molecule is Cc1cnc([C@H](OC(C)C)[C@H](C)S(=O)(=O)Cc2nnc3n2[C@@H](COC(C)C)COc2ccc(F)cc2-3)cn1. The van der Waals surface area contributed by atoms with Crippen LogP contribution in [0.3, 0.4) is 0 Å². The van der Waals surface area contributed by atoms with Crippen molar-refractivity contribution in [2.75, 3.05) is 13.2 Å². The van der Waals surface area contributed by atoms with E-state index in [1.807, 2.05) is 27.7 Å². The van der Waals surface area contributed by atoms with E-state index >= 15 is 0 Å². The summed E-state index contributed by atoms with van der Waals surface area (Å²) in [4.78, 5) is 8.64. The van der Waals surface area contributed by atoms with E-state index in [-0.39, 0.29) is 31.2 Å². The fourth-order valence-corrected chi connectivity index (χ4v) is 5.64.